The summed E-state index contributed by atoms with van der Waals surface area (Å²) in [6, 6.07) is 7.55. The number of aryl methyl sites for hydroxylation is 3. The second-order valence-electron chi connectivity index (χ2n) is 4.65. The molecule has 0 aliphatic carbocycles. The van der Waals surface area contributed by atoms with Crippen LogP contribution in [0.2, 0.25) is 0 Å². The zero-order valence-corrected chi connectivity index (χ0v) is 12.5. The van der Waals surface area contributed by atoms with Crippen LogP contribution in [0.1, 0.15) is 27.6 Å². The molecule has 0 saturated carbocycles. The summed E-state index contributed by atoms with van der Waals surface area (Å²) in [5, 5.41) is 0.845. The highest BCUT2D eigenvalue weighted by atomic mass is 32.1. The first-order valence-corrected chi connectivity index (χ1v) is 7.29. The summed E-state index contributed by atoms with van der Waals surface area (Å²) >= 11 is 1.57. The molecule has 0 aliphatic rings. The monoisotopic (exact) mass is 290 g/mol. The summed E-state index contributed by atoms with van der Waals surface area (Å²) < 4.78 is 5.23. The topological polar surface area (TPSA) is 65.2 Å². The number of rotatable bonds is 5. The van der Waals surface area contributed by atoms with E-state index < -0.39 is 0 Å². The van der Waals surface area contributed by atoms with Gasteiger partial charge in [0.15, 0.2) is 0 Å². The zero-order valence-electron chi connectivity index (χ0n) is 11.7. The Morgan fingerprint density at radius 2 is 2.20 bits per heavy atom. The summed E-state index contributed by atoms with van der Waals surface area (Å²) in [4.78, 5) is 17.2. The molecule has 0 unspecified atom stereocenters. The molecule has 0 radical (unpaired) electrons. The van der Waals surface area contributed by atoms with Crippen LogP contribution >= 0.6 is 11.3 Å². The highest BCUT2D eigenvalue weighted by molar-refractivity contribution is 7.11. The smallest absolute Gasteiger partial charge is 0.306 e. The van der Waals surface area contributed by atoms with Crippen molar-refractivity contribution in [1.29, 1.82) is 0 Å². The molecule has 1 aromatic carbocycles. The number of ether oxygens (including phenoxy) is 1. The minimum absolute atomic E-state index is 0.210. The fourth-order valence-electron chi connectivity index (χ4n) is 1.81. The van der Waals surface area contributed by atoms with Crippen LogP contribution in [0.25, 0.3) is 0 Å². The predicted octanol–water partition coefficient (Wildman–Crippen LogP) is 3.02. The molecule has 2 rings (SSSR count). The standard InChI is InChI=1S/C15H18N2O2S/c1-10-11(2)20-14(17-10)9-19-15(18)7-6-12-4-3-5-13(16)8-12/h3-5,8H,6-7,9,16H2,1-2H3. The maximum absolute atomic E-state index is 11.7. The number of thiazole rings is 1. The third-order valence-corrected chi connectivity index (χ3v) is 4.04. The summed E-state index contributed by atoms with van der Waals surface area (Å²) in [5.41, 5.74) is 8.45. The van der Waals surface area contributed by atoms with E-state index in [4.69, 9.17) is 10.5 Å². The molecule has 0 bridgehead atoms. The van der Waals surface area contributed by atoms with E-state index in [1.54, 1.807) is 11.3 Å². The lowest BCUT2D eigenvalue weighted by molar-refractivity contribution is -0.144. The van der Waals surface area contributed by atoms with Crippen LogP contribution < -0.4 is 5.73 Å². The maximum atomic E-state index is 11.7. The molecule has 5 heteroatoms. The number of carbonyl (C=O) groups excluding carboxylic acids is 1. The van der Waals surface area contributed by atoms with Gasteiger partial charge in [-0.05, 0) is 38.0 Å². The van der Waals surface area contributed by atoms with Gasteiger partial charge in [-0.1, -0.05) is 12.1 Å². The lowest BCUT2D eigenvalue weighted by atomic mass is 10.1. The number of esters is 1. The van der Waals surface area contributed by atoms with Crippen LogP contribution in [0, 0.1) is 13.8 Å². The fraction of sp³-hybridized carbons (Fsp3) is 0.333. The van der Waals surface area contributed by atoms with E-state index in [0.717, 1.165) is 21.1 Å². The highest BCUT2D eigenvalue weighted by Gasteiger charge is 2.08. The highest BCUT2D eigenvalue weighted by Crippen LogP contribution is 2.17. The zero-order chi connectivity index (χ0) is 14.5. The first-order chi connectivity index (χ1) is 9.54. The quantitative estimate of drug-likeness (QED) is 0.679. The van der Waals surface area contributed by atoms with Gasteiger partial charge in [-0.3, -0.25) is 4.79 Å². The van der Waals surface area contributed by atoms with E-state index in [9.17, 15) is 4.79 Å². The minimum atomic E-state index is -0.210. The molecule has 106 valence electrons. The first-order valence-electron chi connectivity index (χ1n) is 6.47. The number of aromatic nitrogens is 1. The van der Waals surface area contributed by atoms with Gasteiger partial charge in [0.05, 0.1) is 5.69 Å². The second kappa shape index (κ2) is 6.52. The predicted molar refractivity (Wildman–Crippen MR) is 80.6 cm³/mol. The van der Waals surface area contributed by atoms with Crippen molar-refractivity contribution in [3.8, 4) is 0 Å². The Morgan fingerprint density at radius 3 is 2.85 bits per heavy atom. The van der Waals surface area contributed by atoms with E-state index >= 15 is 0 Å². The average Bonchev–Trinajstić information content (AvgIpc) is 2.73. The second-order valence-corrected chi connectivity index (χ2v) is 5.94. The number of nitrogens with zero attached hydrogens (tertiary/aromatic N) is 1. The molecule has 4 nitrogen and oxygen atoms in total. The summed E-state index contributed by atoms with van der Waals surface area (Å²) in [7, 11) is 0. The Bertz CT molecular complexity index is 588. The van der Waals surface area contributed by atoms with Gasteiger partial charge < -0.3 is 10.5 Å². The molecule has 0 saturated heterocycles. The van der Waals surface area contributed by atoms with Crippen molar-refractivity contribution in [1.82, 2.24) is 4.98 Å². The van der Waals surface area contributed by atoms with Crippen molar-refractivity contribution in [2.45, 2.75) is 33.3 Å². The van der Waals surface area contributed by atoms with Crippen molar-refractivity contribution in [2.24, 2.45) is 0 Å². The molecule has 0 atom stereocenters. The van der Waals surface area contributed by atoms with Crippen molar-refractivity contribution in [3.05, 3.63) is 45.4 Å². The number of benzene rings is 1. The Balaban J connectivity index is 1.78. The van der Waals surface area contributed by atoms with Crippen molar-refractivity contribution in [2.75, 3.05) is 5.73 Å². The van der Waals surface area contributed by atoms with Crippen molar-refractivity contribution >= 4 is 23.0 Å². The van der Waals surface area contributed by atoms with E-state index in [2.05, 4.69) is 4.98 Å². The molecular formula is C15H18N2O2S. The molecular weight excluding hydrogens is 272 g/mol. The number of hydrogen-bond acceptors (Lipinski definition) is 5. The Labute approximate surface area is 122 Å². The van der Waals surface area contributed by atoms with Crippen LogP contribution in [-0.4, -0.2) is 11.0 Å². The van der Waals surface area contributed by atoms with Crippen LogP contribution in [0.4, 0.5) is 5.69 Å². The molecule has 1 heterocycles. The normalized spacial score (nSPS) is 10.5. The number of nitrogens with two attached hydrogens (primary N) is 1. The van der Waals surface area contributed by atoms with Gasteiger partial charge in [0, 0.05) is 17.0 Å². The van der Waals surface area contributed by atoms with Crippen LogP contribution in [-0.2, 0) is 22.6 Å². The van der Waals surface area contributed by atoms with Crippen LogP contribution in [0.3, 0.4) is 0 Å². The van der Waals surface area contributed by atoms with Gasteiger partial charge in [0.25, 0.3) is 0 Å². The number of hydrogen-bond donors (Lipinski definition) is 1. The third kappa shape index (κ3) is 4.06. The fourth-order valence-corrected chi connectivity index (χ4v) is 2.66. The van der Waals surface area contributed by atoms with E-state index in [0.29, 0.717) is 18.5 Å². The Kier molecular flexibility index (Phi) is 4.74. The lowest BCUT2D eigenvalue weighted by Gasteiger charge is -2.04. The molecule has 0 amide bonds. The number of carbonyl (C=O) groups is 1. The number of nitrogen functional groups attached to an aromatic ring is 1. The Morgan fingerprint density at radius 1 is 1.40 bits per heavy atom. The van der Waals surface area contributed by atoms with Crippen LogP contribution in [0.5, 0.6) is 0 Å². The van der Waals surface area contributed by atoms with Gasteiger partial charge in [-0.25, -0.2) is 4.98 Å². The molecule has 2 N–H and O–H groups in total. The summed E-state index contributed by atoms with van der Waals surface area (Å²) in [5.74, 6) is -0.210. The van der Waals surface area contributed by atoms with E-state index in [-0.39, 0.29) is 12.6 Å². The molecule has 2 aromatic rings. The number of anilines is 1. The first kappa shape index (κ1) is 14.5. The Hall–Kier alpha value is -1.88. The van der Waals surface area contributed by atoms with E-state index in [1.165, 1.54) is 0 Å². The SMILES string of the molecule is Cc1nc(COC(=O)CCc2cccc(N)c2)sc1C. The van der Waals surface area contributed by atoms with Gasteiger partial charge in [-0.15, -0.1) is 11.3 Å². The van der Waals surface area contributed by atoms with Crippen LogP contribution in [0.15, 0.2) is 24.3 Å². The maximum Gasteiger partial charge on any atom is 0.306 e. The van der Waals surface area contributed by atoms with Gasteiger partial charge in [0.1, 0.15) is 11.6 Å². The summed E-state index contributed by atoms with van der Waals surface area (Å²) in [6.07, 6.45) is 0.993. The van der Waals surface area contributed by atoms with Crippen molar-refractivity contribution in [3.63, 3.8) is 0 Å². The molecule has 0 aliphatic heterocycles. The molecule has 0 fully saturated rings. The van der Waals surface area contributed by atoms with E-state index in [1.807, 2.05) is 38.1 Å². The van der Waals surface area contributed by atoms with Gasteiger partial charge in [-0.2, -0.15) is 0 Å². The van der Waals surface area contributed by atoms with Crippen molar-refractivity contribution < 1.29 is 9.53 Å². The molecule has 20 heavy (non-hydrogen) atoms. The molecule has 0 spiro atoms. The summed E-state index contributed by atoms with van der Waals surface area (Å²) in [6.45, 7) is 4.23. The molecule has 1 aromatic heterocycles. The average molecular weight is 290 g/mol. The third-order valence-electron chi connectivity index (χ3n) is 3.00. The minimum Gasteiger partial charge on any atom is -0.458 e. The van der Waals surface area contributed by atoms with Gasteiger partial charge in [0.2, 0.25) is 0 Å². The lowest BCUT2D eigenvalue weighted by Crippen LogP contribution is -2.06. The van der Waals surface area contributed by atoms with Gasteiger partial charge >= 0.3 is 5.97 Å². The largest absolute Gasteiger partial charge is 0.458 e.